The number of thioether (sulfide) groups is 1. The number of benzene rings is 4. The topological polar surface area (TPSA) is 108 Å². The van der Waals surface area contributed by atoms with Crippen LogP contribution in [0.2, 0.25) is 0 Å². The molecule has 2 N–H and O–H groups in total. The van der Waals surface area contributed by atoms with E-state index in [1.165, 1.54) is 35.2 Å². The summed E-state index contributed by atoms with van der Waals surface area (Å²) in [6.45, 7) is 4.73. The molecule has 0 bridgehead atoms. The second-order valence-electron chi connectivity index (χ2n) is 12.2. The van der Waals surface area contributed by atoms with Crippen molar-refractivity contribution in [2.45, 2.75) is 22.9 Å². The fraction of sp³-hybridized carbons (Fsp3) is 0.231. The number of thiophene rings is 1. The van der Waals surface area contributed by atoms with Gasteiger partial charge in [-0.05, 0) is 96.2 Å². The van der Waals surface area contributed by atoms with Gasteiger partial charge in [0.25, 0.3) is 21.8 Å². The molecule has 1 fully saturated rings. The van der Waals surface area contributed by atoms with Crippen molar-refractivity contribution in [3.63, 3.8) is 0 Å². The maximum absolute atomic E-state index is 14.0. The lowest BCUT2D eigenvalue weighted by atomic mass is 10.1. The van der Waals surface area contributed by atoms with E-state index in [2.05, 4.69) is 10.2 Å². The van der Waals surface area contributed by atoms with Crippen molar-refractivity contribution in [2.24, 2.45) is 0 Å². The molecule has 2 amide bonds. The molecule has 5 aromatic rings. The van der Waals surface area contributed by atoms with Crippen LogP contribution in [-0.2, 0) is 16.2 Å². The summed E-state index contributed by atoms with van der Waals surface area (Å²) in [7, 11) is -4.64. The van der Waals surface area contributed by atoms with Gasteiger partial charge in [0.15, 0.2) is 0 Å². The molecule has 0 saturated carbocycles. The number of hydrogen-bond acceptors (Lipinski definition) is 9. The number of alkyl halides is 3. The first-order chi connectivity index (χ1) is 25.9. The highest BCUT2D eigenvalue weighted by molar-refractivity contribution is 7.99. The quantitative estimate of drug-likeness (QED) is 0.0910. The van der Waals surface area contributed by atoms with E-state index in [-0.39, 0.29) is 23.7 Å². The van der Waals surface area contributed by atoms with Gasteiger partial charge >= 0.3 is 6.18 Å². The summed E-state index contributed by atoms with van der Waals surface area (Å²) in [5.74, 6) is 0.220. The lowest BCUT2D eigenvalue weighted by molar-refractivity contribution is -0.137. The predicted molar refractivity (Wildman–Crippen MR) is 207 cm³/mol. The van der Waals surface area contributed by atoms with Gasteiger partial charge in [-0.3, -0.25) is 9.59 Å². The number of hydrogen-bond donors (Lipinski definition) is 2. The first-order valence-corrected chi connectivity index (χ1v) is 20.4. The van der Waals surface area contributed by atoms with E-state index in [4.69, 9.17) is 4.74 Å². The van der Waals surface area contributed by atoms with E-state index in [9.17, 15) is 31.2 Å². The molecule has 0 spiro atoms. The Morgan fingerprint density at radius 3 is 2.31 bits per heavy atom. The molecule has 282 valence electrons. The highest BCUT2D eigenvalue weighted by atomic mass is 32.2. The third-order valence-electron chi connectivity index (χ3n) is 8.61. The number of piperazine rings is 1. The van der Waals surface area contributed by atoms with E-state index in [1.807, 2.05) is 77.7 Å². The molecule has 1 aliphatic heterocycles. The van der Waals surface area contributed by atoms with Crippen LogP contribution in [0.1, 0.15) is 32.5 Å². The molecule has 0 aliphatic carbocycles. The highest BCUT2D eigenvalue weighted by Crippen LogP contribution is 2.37. The highest BCUT2D eigenvalue weighted by Gasteiger charge is 2.35. The summed E-state index contributed by atoms with van der Waals surface area (Å²) in [6.07, 6.45) is -4.84. The number of ether oxygens (including phenoxy) is 1. The number of rotatable bonds is 13. The molecule has 1 aromatic heterocycles. The van der Waals surface area contributed by atoms with Crippen LogP contribution in [0.25, 0.3) is 11.1 Å². The number of nitrogens with zero attached hydrogens (tertiary/aromatic N) is 2. The van der Waals surface area contributed by atoms with Crippen LogP contribution in [0.4, 0.5) is 24.5 Å². The zero-order chi connectivity index (χ0) is 38.3. The first kappa shape index (κ1) is 38.7. The summed E-state index contributed by atoms with van der Waals surface area (Å²) >= 11 is 2.86. The Kier molecular flexibility index (Phi) is 12.2. The van der Waals surface area contributed by atoms with Crippen molar-refractivity contribution < 1.29 is 35.9 Å². The molecule has 54 heavy (non-hydrogen) atoms. The van der Waals surface area contributed by atoms with Crippen LogP contribution < -0.4 is 19.7 Å². The minimum absolute atomic E-state index is 0.0154. The zero-order valence-corrected chi connectivity index (χ0v) is 31.6. The SMILES string of the molecule is CCOc1cccc(-c2csc(C(=O)N3CCN(c4ccc(C(=O)NS(=O)(=O)c5ccc(NCCSc6ccccc6)c(C(F)(F)F)c5)cc4)CC3)c2)c1. The summed E-state index contributed by atoms with van der Waals surface area (Å²) in [4.78, 5) is 31.1. The van der Waals surface area contributed by atoms with Gasteiger partial charge in [0.1, 0.15) is 5.75 Å². The normalized spacial score (nSPS) is 13.4. The first-order valence-electron chi connectivity index (χ1n) is 17.1. The molecular weight excluding hydrogens is 758 g/mol. The van der Waals surface area contributed by atoms with E-state index >= 15 is 0 Å². The summed E-state index contributed by atoms with van der Waals surface area (Å²) in [6, 6.07) is 27.9. The third-order valence-corrected chi connectivity index (χ3v) is 11.9. The zero-order valence-electron chi connectivity index (χ0n) is 29.1. The Morgan fingerprint density at radius 1 is 0.870 bits per heavy atom. The fourth-order valence-electron chi connectivity index (χ4n) is 5.87. The minimum atomic E-state index is -4.84. The van der Waals surface area contributed by atoms with Crippen molar-refractivity contribution in [3.8, 4) is 16.9 Å². The van der Waals surface area contributed by atoms with Gasteiger partial charge in [0, 0.05) is 60.3 Å². The van der Waals surface area contributed by atoms with Gasteiger partial charge in [-0.1, -0.05) is 30.3 Å². The maximum atomic E-state index is 14.0. The predicted octanol–water partition coefficient (Wildman–Crippen LogP) is 8.12. The molecule has 2 heterocycles. The van der Waals surface area contributed by atoms with Crippen LogP contribution in [0.5, 0.6) is 5.75 Å². The lowest BCUT2D eigenvalue weighted by Crippen LogP contribution is -2.48. The molecule has 6 rings (SSSR count). The molecule has 15 heteroatoms. The Balaban J connectivity index is 1.03. The third kappa shape index (κ3) is 9.56. The molecule has 0 radical (unpaired) electrons. The molecule has 9 nitrogen and oxygen atoms in total. The summed E-state index contributed by atoms with van der Waals surface area (Å²) in [5, 5.41) is 4.70. The van der Waals surface area contributed by atoms with E-state index in [0.29, 0.717) is 49.5 Å². The molecular formula is C39H37F3N4O5S3. The van der Waals surface area contributed by atoms with Crippen LogP contribution in [0.15, 0.2) is 118 Å². The molecule has 1 aliphatic rings. The number of amides is 2. The number of nitrogens with one attached hydrogen (secondary N) is 2. The molecule has 1 saturated heterocycles. The standard InChI is InChI=1S/C39H37F3N4O5S3/c1-2-51-31-8-6-7-28(23-31)29-24-36(53-26-29)38(48)46-20-18-45(19-21-46)30-13-11-27(12-14-30)37(47)44-54(49,50)33-15-16-35(34(25-33)39(40,41)42)43-17-22-52-32-9-4-3-5-10-32/h3-16,23-26,43H,2,17-22H2,1H3,(H,44,47). The molecule has 0 unspecified atom stereocenters. The largest absolute Gasteiger partial charge is 0.494 e. The van der Waals surface area contributed by atoms with Crippen LogP contribution in [-0.4, -0.2) is 70.2 Å². The number of carbonyl (C=O) groups is 2. The summed E-state index contributed by atoms with van der Waals surface area (Å²) in [5.41, 5.74) is 1.29. The number of anilines is 2. The Morgan fingerprint density at radius 2 is 1.61 bits per heavy atom. The second-order valence-corrected chi connectivity index (χ2v) is 16.0. The van der Waals surface area contributed by atoms with Gasteiger partial charge in [-0.2, -0.15) is 13.2 Å². The van der Waals surface area contributed by atoms with Crippen LogP contribution >= 0.6 is 23.1 Å². The van der Waals surface area contributed by atoms with Gasteiger partial charge < -0.3 is 19.9 Å². The van der Waals surface area contributed by atoms with Gasteiger partial charge in [-0.25, -0.2) is 13.1 Å². The average Bonchev–Trinajstić information content (AvgIpc) is 3.67. The van der Waals surface area contributed by atoms with Gasteiger partial charge in [0.2, 0.25) is 0 Å². The van der Waals surface area contributed by atoms with Crippen molar-refractivity contribution in [3.05, 3.63) is 125 Å². The van der Waals surface area contributed by atoms with Gasteiger partial charge in [0.05, 0.1) is 21.9 Å². The lowest BCUT2D eigenvalue weighted by Gasteiger charge is -2.36. The average molecular weight is 795 g/mol. The smallest absolute Gasteiger partial charge is 0.418 e. The van der Waals surface area contributed by atoms with Gasteiger partial charge in [-0.15, -0.1) is 23.1 Å². The van der Waals surface area contributed by atoms with E-state index in [1.54, 1.807) is 17.0 Å². The number of carbonyl (C=O) groups excluding carboxylic acids is 2. The molecule has 4 aromatic carbocycles. The van der Waals surface area contributed by atoms with Crippen molar-refractivity contribution >= 4 is 56.3 Å². The minimum Gasteiger partial charge on any atom is -0.494 e. The van der Waals surface area contributed by atoms with Crippen LogP contribution in [0.3, 0.4) is 0 Å². The Hall–Kier alpha value is -4.99. The molecule has 0 atom stereocenters. The van der Waals surface area contributed by atoms with Crippen molar-refractivity contribution in [1.29, 1.82) is 0 Å². The fourth-order valence-corrected chi connectivity index (χ4v) is 8.54. The van der Waals surface area contributed by atoms with E-state index < -0.39 is 32.6 Å². The second kappa shape index (κ2) is 17.0. The maximum Gasteiger partial charge on any atom is 0.418 e. The number of halogens is 3. The Labute approximate surface area is 320 Å². The van der Waals surface area contributed by atoms with Crippen LogP contribution in [0, 0.1) is 0 Å². The Bertz CT molecular complexity index is 2190. The number of sulfonamides is 1. The summed E-state index contributed by atoms with van der Waals surface area (Å²) < 4.78 is 75.6. The van der Waals surface area contributed by atoms with E-state index in [0.717, 1.165) is 39.6 Å². The van der Waals surface area contributed by atoms with Crippen molar-refractivity contribution in [2.75, 3.05) is 55.3 Å². The van der Waals surface area contributed by atoms with Crippen molar-refractivity contribution in [1.82, 2.24) is 9.62 Å². The monoisotopic (exact) mass is 794 g/mol.